The van der Waals surface area contributed by atoms with E-state index in [0.717, 1.165) is 25.8 Å². The minimum atomic E-state index is -0.962. The summed E-state index contributed by atoms with van der Waals surface area (Å²) in [5, 5.41) is 23.8. The van der Waals surface area contributed by atoms with E-state index < -0.39 is 22.4 Å². The Labute approximate surface area is 202 Å². The molecule has 2 amide bonds. The largest absolute Gasteiger partial charge is 0.481 e. The van der Waals surface area contributed by atoms with Crippen molar-refractivity contribution in [3.8, 4) is 0 Å². The van der Waals surface area contributed by atoms with Crippen LogP contribution >= 0.6 is 0 Å². The Morgan fingerprint density at radius 2 is 1.55 bits per heavy atom. The van der Waals surface area contributed by atoms with Crippen molar-refractivity contribution in [3.63, 3.8) is 0 Å². The number of carbonyl (C=O) groups is 3. The summed E-state index contributed by atoms with van der Waals surface area (Å²) in [6, 6.07) is 0. The van der Waals surface area contributed by atoms with E-state index in [1.807, 2.05) is 0 Å². The maximum Gasteiger partial charge on any atom is 0.309 e. The van der Waals surface area contributed by atoms with Crippen LogP contribution in [0.25, 0.3) is 0 Å². The average molecular weight is 477 g/mol. The third-order valence-electron chi connectivity index (χ3n) is 5.14. The second kappa shape index (κ2) is 16.0. The highest BCUT2D eigenvalue weighted by molar-refractivity contribution is 5.83. The zero-order valence-electron chi connectivity index (χ0n) is 22.5. The number of hydrogen-bond acceptors (Lipinski definition) is 5. The lowest BCUT2D eigenvalue weighted by molar-refractivity contribution is -0.150. The molecule has 0 aliphatic heterocycles. The number of carboxylic acids is 1. The molecule has 0 aromatic carbocycles. The molecule has 0 aliphatic rings. The minimum Gasteiger partial charge on any atom is -0.481 e. The third kappa shape index (κ3) is 17.5. The number of unbranched alkanes of at least 4 members (excludes halogenated alkanes) is 1. The number of ether oxygens (including phenoxy) is 1. The molecule has 0 fully saturated rings. The summed E-state index contributed by atoms with van der Waals surface area (Å²) in [4.78, 5) is 34.4. The van der Waals surface area contributed by atoms with E-state index in [-0.39, 0.29) is 32.9 Å². The fraction of sp³-hybridized carbons (Fsp3) is 0.880. The number of aliphatic hydroxyl groups is 1. The van der Waals surface area contributed by atoms with Crippen LogP contribution in [0.1, 0.15) is 95.8 Å². The number of hydrogen-bond donors (Lipinski definition) is 4. The summed E-state index contributed by atoms with van der Waals surface area (Å²) in [6.07, 6.45) is 4.15. The lowest BCUT2D eigenvalue weighted by atomic mass is 9.74. The van der Waals surface area contributed by atoms with E-state index in [2.05, 4.69) is 31.4 Å². The molecule has 0 aromatic heterocycles. The number of aliphatic hydroxyl groups excluding tert-OH is 1. The summed E-state index contributed by atoms with van der Waals surface area (Å²) < 4.78 is 5.42. The first-order chi connectivity index (χ1) is 15.0. The van der Waals surface area contributed by atoms with E-state index in [9.17, 15) is 14.4 Å². The predicted octanol–water partition coefficient (Wildman–Crippen LogP) is 4.00. The SMILES string of the molecule is CC(C)(CO)OCCNC(=O)C(C)(C)CC(C)(C)C(=O)O.CCCCNC(=O)CCC(C)C.[HH]. The van der Waals surface area contributed by atoms with Crippen molar-refractivity contribution in [1.29, 1.82) is 0 Å². The zero-order valence-corrected chi connectivity index (χ0v) is 22.5. The highest BCUT2D eigenvalue weighted by atomic mass is 16.5. The number of rotatable bonds is 15. The summed E-state index contributed by atoms with van der Waals surface area (Å²) in [7, 11) is 0. The number of amides is 2. The van der Waals surface area contributed by atoms with Crippen LogP contribution in [-0.2, 0) is 19.1 Å². The van der Waals surface area contributed by atoms with Gasteiger partial charge in [0.15, 0.2) is 0 Å². The van der Waals surface area contributed by atoms with Gasteiger partial charge in [0.1, 0.15) is 0 Å². The monoisotopic (exact) mass is 476 g/mol. The van der Waals surface area contributed by atoms with Crippen LogP contribution in [-0.4, -0.2) is 59.9 Å². The van der Waals surface area contributed by atoms with Gasteiger partial charge in [-0.3, -0.25) is 14.4 Å². The second-order valence-corrected chi connectivity index (χ2v) is 10.9. The smallest absolute Gasteiger partial charge is 0.309 e. The van der Waals surface area contributed by atoms with Gasteiger partial charge in [0.05, 0.1) is 24.2 Å². The van der Waals surface area contributed by atoms with Gasteiger partial charge in [0.25, 0.3) is 0 Å². The first-order valence-corrected chi connectivity index (χ1v) is 12.0. The molecule has 8 nitrogen and oxygen atoms in total. The normalized spacial score (nSPS) is 12.1. The van der Waals surface area contributed by atoms with Crippen LogP contribution in [0, 0.1) is 16.7 Å². The highest BCUT2D eigenvalue weighted by Gasteiger charge is 2.38. The summed E-state index contributed by atoms with van der Waals surface area (Å²) in [6.45, 7) is 17.9. The van der Waals surface area contributed by atoms with Crippen LogP contribution in [0.4, 0.5) is 0 Å². The first-order valence-electron chi connectivity index (χ1n) is 12.0. The molecule has 0 rings (SSSR count). The van der Waals surface area contributed by atoms with Crippen LogP contribution in [0.5, 0.6) is 0 Å². The van der Waals surface area contributed by atoms with E-state index in [1.165, 1.54) is 0 Å². The van der Waals surface area contributed by atoms with Crippen LogP contribution < -0.4 is 10.6 Å². The summed E-state index contributed by atoms with van der Waals surface area (Å²) in [5.74, 6) is -0.294. The number of aliphatic carboxylic acids is 1. The zero-order chi connectivity index (χ0) is 26.3. The fourth-order valence-electron chi connectivity index (χ4n) is 2.95. The molecular weight excluding hydrogens is 424 g/mol. The molecule has 0 saturated heterocycles. The molecule has 0 radical (unpaired) electrons. The van der Waals surface area contributed by atoms with Crippen molar-refractivity contribution in [2.45, 2.75) is 100 Å². The van der Waals surface area contributed by atoms with Crippen molar-refractivity contribution >= 4 is 17.8 Å². The second-order valence-electron chi connectivity index (χ2n) is 10.9. The van der Waals surface area contributed by atoms with Gasteiger partial charge in [0.2, 0.25) is 11.8 Å². The van der Waals surface area contributed by atoms with Gasteiger partial charge < -0.3 is 25.6 Å². The fourth-order valence-corrected chi connectivity index (χ4v) is 2.95. The summed E-state index contributed by atoms with van der Waals surface area (Å²) in [5.41, 5.74) is -2.38. The van der Waals surface area contributed by atoms with Gasteiger partial charge in [0, 0.05) is 26.4 Å². The summed E-state index contributed by atoms with van der Waals surface area (Å²) >= 11 is 0. The Hall–Kier alpha value is -1.67. The molecule has 0 aromatic rings. The molecule has 198 valence electrons. The number of carboxylic acid groups (broad SMARTS) is 1. The van der Waals surface area contributed by atoms with Gasteiger partial charge in [-0.05, 0) is 52.9 Å². The van der Waals surface area contributed by atoms with E-state index in [0.29, 0.717) is 18.9 Å². The molecular formula is C25H52N2O6. The maximum absolute atomic E-state index is 12.2. The number of nitrogens with one attached hydrogen (secondary N) is 2. The van der Waals surface area contributed by atoms with E-state index in [4.69, 9.17) is 14.9 Å². The van der Waals surface area contributed by atoms with Crippen molar-refractivity contribution in [1.82, 2.24) is 10.6 Å². The topological polar surface area (TPSA) is 125 Å². The Balaban J connectivity index is -0.000000632. The maximum atomic E-state index is 12.2. The van der Waals surface area contributed by atoms with E-state index >= 15 is 0 Å². The lowest BCUT2D eigenvalue weighted by Gasteiger charge is -2.31. The molecule has 0 bridgehead atoms. The molecule has 0 heterocycles. The van der Waals surface area contributed by atoms with Gasteiger partial charge in [-0.2, -0.15) is 0 Å². The third-order valence-corrected chi connectivity index (χ3v) is 5.14. The van der Waals surface area contributed by atoms with Gasteiger partial charge in [-0.15, -0.1) is 0 Å². The average Bonchev–Trinajstić information content (AvgIpc) is 2.69. The van der Waals surface area contributed by atoms with Gasteiger partial charge in [-0.25, -0.2) is 0 Å². The first kappa shape index (κ1) is 33.5. The Bertz CT molecular complexity index is 592. The lowest BCUT2D eigenvalue weighted by Crippen LogP contribution is -2.43. The number of carbonyl (C=O) groups excluding carboxylic acids is 2. The molecule has 8 heteroatoms. The quantitative estimate of drug-likeness (QED) is 0.265. The van der Waals surface area contributed by atoms with Crippen LogP contribution in [0.15, 0.2) is 0 Å². The van der Waals surface area contributed by atoms with Crippen molar-refractivity contribution < 1.29 is 30.8 Å². The van der Waals surface area contributed by atoms with Gasteiger partial charge >= 0.3 is 5.97 Å². The molecule has 0 atom stereocenters. The standard InChI is InChI=1S/C15H29NO5.C10H21NO.H2/c1-13(2,9-14(3,4)12(19)20)11(18)16-7-8-21-15(5,6)10-17;1-4-5-8-11-10(12)7-6-9(2)3;/h17H,7-10H2,1-6H3,(H,16,18)(H,19,20);9H,4-8H2,1-3H3,(H,11,12);1H. The predicted molar refractivity (Wildman–Crippen MR) is 134 cm³/mol. The van der Waals surface area contributed by atoms with E-state index in [1.54, 1.807) is 41.5 Å². The van der Waals surface area contributed by atoms with Crippen molar-refractivity contribution in [2.75, 3.05) is 26.3 Å². The Kier molecular flexibility index (Phi) is 16.3. The Morgan fingerprint density at radius 1 is 0.970 bits per heavy atom. The molecule has 0 spiro atoms. The minimum absolute atomic E-state index is 0. The Morgan fingerprint density at radius 3 is 2.00 bits per heavy atom. The van der Waals surface area contributed by atoms with Crippen LogP contribution in [0.2, 0.25) is 0 Å². The van der Waals surface area contributed by atoms with Gasteiger partial charge in [-0.1, -0.05) is 41.0 Å². The highest BCUT2D eigenvalue weighted by Crippen LogP contribution is 2.34. The van der Waals surface area contributed by atoms with Crippen molar-refractivity contribution in [2.24, 2.45) is 16.7 Å². The van der Waals surface area contributed by atoms with Crippen molar-refractivity contribution in [3.05, 3.63) is 0 Å². The molecule has 0 unspecified atom stereocenters. The molecule has 4 N–H and O–H groups in total. The van der Waals surface area contributed by atoms with Crippen LogP contribution in [0.3, 0.4) is 0 Å². The molecule has 0 saturated carbocycles. The molecule has 0 aliphatic carbocycles. The molecule has 33 heavy (non-hydrogen) atoms.